The van der Waals surface area contributed by atoms with Gasteiger partial charge in [-0.15, -0.1) is 23.7 Å². The zero-order valence-corrected chi connectivity index (χ0v) is 19.0. The normalized spacial score (nSPS) is 10.2. The first-order valence-electron chi connectivity index (χ1n) is 8.52. The predicted molar refractivity (Wildman–Crippen MR) is 116 cm³/mol. The Morgan fingerprint density at radius 1 is 1.30 bits per heavy atom. The van der Waals surface area contributed by atoms with E-state index in [2.05, 4.69) is 38.8 Å². The van der Waals surface area contributed by atoms with Crippen LogP contribution in [0, 0.1) is 0 Å². The molecule has 0 aliphatic carbocycles. The summed E-state index contributed by atoms with van der Waals surface area (Å²) >= 11 is 5.32. The molecule has 8 heteroatoms. The minimum absolute atomic E-state index is 0. The molecule has 150 valence electrons. The molecule has 2 rings (SSSR count). The van der Waals surface area contributed by atoms with E-state index in [1.807, 2.05) is 19.1 Å². The average molecular weight is 478 g/mol. The van der Waals surface area contributed by atoms with E-state index >= 15 is 0 Å². The third kappa shape index (κ3) is 7.70. The highest BCUT2D eigenvalue weighted by Crippen LogP contribution is 2.37. The number of thiophene rings is 1. The van der Waals surface area contributed by atoms with Gasteiger partial charge in [-0.2, -0.15) is 0 Å². The van der Waals surface area contributed by atoms with Crippen LogP contribution in [0.3, 0.4) is 0 Å². The number of amides is 1. The summed E-state index contributed by atoms with van der Waals surface area (Å²) in [5.41, 5.74) is 1.10. The maximum absolute atomic E-state index is 11.8. The molecule has 0 saturated heterocycles. The highest BCUT2D eigenvalue weighted by Gasteiger charge is 2.14. The number of nitrogens with one attached hydrogen (secondary N) is 1. The third-order valence-electron chi connectivity index (χ3n) is 3.67. The summed E-state index contributed by atoms with van der Waals surface area (Å²) in [6, 6.07) is 8.18. The van der Waals surface area contributed by atoms with Gasteiger partial charge in [0.2, 0.25) is 0 Å². The number of ether oxygens (including phenoxy) is 2. The summed E-state index contributed by atoms with van der Waals surface area (Å²) < 4.78 is 12.2. The van der Waals surface area contributed by atoms with Crippen LogP contribution >= 0.6 is 39.7 Å². The Morgan fingerprint density at radius 3 is 2.70 bits per heavy atom. The summed E-state index contributed by atoms with van der Waals surface area (Å²) in [5.74, 6) is 1.10. The van der Waals surface area contributed by atoms with Gasteiger partial charge >= 0.3 is 0 Å². The van der Waals surface area contributed by atoms with Gasteiger partial charge in [0.05, 0.1) is 11.1 Å². The van der Waals surface area contributed by atoms with Crippen molar-refractivity contribution in [3.05, 3.63) is 44.6 Å². The van der Waals surface area contributed by atoms with Crippen LogP contribution in [0.4, 0.5) is 0 Å². The monoisotopic (exact) mass is 476 g/mol. The van der Waals surface area contributed by atoms with Gasteiger partial charge in [0.1, 0.15) is 0 Å². The molecule has 0 unspecified atom stereocenters. The molecule has 0 spiro atoms. The minimum atomic E-state index is -0.0985. The van der Waals surface area contributed by atoms with E-state index in [1.165, 1.54) is 9.78 Å². The lowest BCUT2D eigenvalue weighted by molar-refractivity contribution is -0.130. The summed E-state index contributed by atoms with van der Waals surface area (Å²) in [6.45, 7) is 4.08. The quantitative estimate of drug-likeness (QED) is 0.523. The molecule has 1 heterocycles. The molecule has 5 nitrogen and oxygen atoms in total. The van der Waals surface area contributed by atoms with E-state index in [4.69, 9.17) is 9.47 Å². The van der Waals surface area contributed by atoms with Crippen LogP contribution in [-0.4, -0.2) is 44.7 Å². The predicted octanol–water partition coefficient (Wildman–Crippen LogP) is 4.13. The second-order valence-electron chi connectivity index (χ2n) is 5.92. The van der Waals surface area contributed by atoms with Gasteiger partial charge in [-0.25, -0.2) is 0 Å². The smallest absolute Gasteiger partial charge is 0.259 e. The van der Waals surface area contributed by atoms with Crippen molar-refractivity contribution in [1.82, 2.24) is 10.2 Å². The third-order valence-corrected chi connectivity index (χ3v) is 5.19. The van der Waals surface area contributed by atoms with Gasteiger partial charge in [-0.1, -0.05) is 6.07 Å². The Balaban J connectivity index is 0.00000364. The molecule has 1 N–H and O–H groups in total. The highest BCUT2D eigenvalue weighted by molar-refractivity contribution is 9.10. The van der Waals surface area contributed by atoms with Crippen LogP contribution in [-0.2, 0) is 17.8 Å². The number of hydrogen-bond acceptors (Lipinski definition) is 5. The molecule has 27 heavy (non-hydrogen) atoms. The largest absolute Gasteiger partial charge is 0.490 e. The van der Waals surface area contributed by atoms with E-state index in [0.717, 1.165) is 29.5 Å². The lowest BCUT2D eigenvalue weighted by Gasteiger charge is -2.17. The van der Waals surface area contributed by atoms with Gasteiger partial charge in [-0.05, 0) is 58.4 Å². The van der Waals surface area contributed by atoms with Crippen LogP contribution in [0.25, 0.3) is 0 Å². The molecule has 1 aromatic carbocycles. The minimum Gasteiger partial charge on any atom is -0.490 e. The number of halogens is 2. The van der Waals surface area contributed by atoms with Crippen molar-refractivity contribution < 1.29 is 14.3 Å². The number of hydrogen-bond donors (Lipinski definition) is 1. The fourth-order valence-electron chi connectivity index (χ4n) is 2.29. The Morgan fingerprint density at radius 2 is 2.07 bits per heavy atom. The standard InChI is InChI=1S/C19H25BrN2O3S.ClH/c1-4-24-17-11-14(12-21-8-7-15-6-5-9-26-15)10-16(20)19(17)25-13-18(23)22(2)3;/h5-6,9-11,21H,4,7-8,12-13H2,1-3H3;1H. The zero-order valence-electron chi connectivity index (χ0n) is 15.8. The topological polar surface area (TPSA) is 50.8 Å². The SMILES string of the molecule is CCOc1cc(CNCCc2cccs2)cc(Br)c1OCC(=O)N(C)C.Cl. The molecule has 0 saturated carbocycles. The fraction of sp³-hybridized carbons (Fsp3) is 0.421. The van der Waals surface area contributed by atoms with Crippen molar-refractivity contribution in [1.29, 1.82) is 0 Å². The summed E-state index contributed by atoms with van der Waals surface area (Å²) in [7, 11) is 3.41. The van der Waals surface area contributed by atoms with Crippen molar-refractivity contribution in [3.63, 3.8) is 0 Å². The van der Waals surface area contributed by atoms with E-state index in [-0.39, 0.29) is 24.9 Å². The highest BCUT2D eigenvalue weighted by atomic mass is 79.9. The number of nitrogens with zero attached hydrogens (tertiary/aromatic N) is 1. The van der Waals surface area contributed by atoms with Crippen molar-refractivity contribution in [2.75, 3.05) is 33.9 Å². The maximum Gasteiger partial charge on any atom is 0.259 e. The van der Waals surface area contributed by atoms with Crippen molar-refractivity contribution >= 4 is 45.6 Å². The maximum atomic E-state index is 11.8. The summed E-state index contributed by atoms with van der Waals surface area (Å²) in [6.07, 6.45) is 1.02. The first-order chi connectivity index (χ1) is 12.5. The fourth-order valence-corrected chi connectivity index (χ4v) is 3.60. The van der Waals surface area contributed by atoms with Crippen LogP contribution in [0.2, 0.25) is 0 Å². The Hall–Kier alpha value is -1.28. The lowest BCUT2D eigenvalue weighted by atomic mass is 10.2. The van der Waals surface area contributed by atoms with Crippen LogP contribution in [0.1, 0.15) is 17.4 Å². The molecule has 0 atom stereocenters. The molecular formula is C19H26BrClN2O3S. The molecular weight excluding hydrogens is 452 g/mol. The van der Waals surface area contributed by atoms with Crippen molar-refractivity contribution in [2.45, 2.75) is 19.9 Å². The number of likely N-dealkylation sites (N-methyl/N-ethyl adjacent to an activating group) is 1. The molecule has 0 fully saturated rings. The first-order valence-corrected chi connectivity index (χ1v) is 10.2. The van der Waals surface area contributed by atoms with Gasteiger partial charge in [0.15, 0.2) is 18.1 Å². The zero-order chi connectivity index (χ0) is 18.9. The molecule has 1 aromatic heterocycles. The molecule has 0 aliphatic rings. The molecule has 0 bridgehead atoms. The van der Waals surface area contributed by atoms with E-state index in [1.54, 1.807) is 25.4 Å². The second-order valence-corrected chi connectivity index (χ2v) is 7.81. The number of carbonyl (C=O) groups excluding carboxylic acids is 1. The molecule has 0 aliphatic heterocycles. The van der Waals surface area contributed by atoms with Gasteiger partial charge in [0, 0.05) is 32.1 Å². The number of benzene rings is 1. The van der Waals surface area contributed by atoms with Crippen LogP contribution in [0.15, 0.2) is 34.1 Å². The lowest BCUT2D eigenvalue weighted by Crippen LogP contribution is -2.27. The number of rotatable bonds is 10. The molecule has 0 radical (unpaired) electrons. The van der Waals surface area contributed by atoms with Crippen LogP contribution < -0.4 is 14.8 Å². The average Bonchev–Trinajstić information content (AvgIpc) is 3.11. The summed E-state index contributed by atoms with van der Waals surface area (Å²) in [4.78, 5) is 14.6. The van der Waals surface area contributed by atoms with Crippen molar-refractivity contribution in [2.24, 2.45) is 0 Å². The van der Waals surface area contributed by atoms with Gasteiger partial charge < -0.3 is 19.7 Å². The summed E-state index contributed by atoms with van der Waals surface area (Å²) in [5, 5.41) is 5.55. The van der Waals surface area contributed by atoms with Crippen LogP contribution in [0.5, 0.6) is 11.5 Å². The Kier molecular flexibility index (Phi) is 10.8. The van der Waals surface area contributed by atoms with E-state index < -0.39 is 0 Å². The van der Waals surface area contributed by atoms with Crippen molar-refractivity contribution in [3.8, 4) is 11.5 Å². The first kappa shape index (κ1) is 23.8. The Bertz CT molecular complexity index is 711. The van der Waals surface area contributed by atoms with Gasteiger partial charge in [0.25, 0.3) is 5.91 Å². The number of carbonyl (C=O) groups is 1. The van der Waals surface area contributed by atoms with Gasteiger partial charge in [-0.3, -0.25) is 4.79 Å². The second kappa shape index (κ2) is 12.2. The Labute approximate surface area is 179 Å². The molecule has 2 aromatic rings. The van der Waals surface area contributed by atoms with E-state index in [0.29, 0.717) is 18.1 Å². The van der Waals surface area contributed by atoms with E-state index in [9.17, 15) is 4.79 Å². The molecule has 1 amide bonds.